The molecule has 0 nitrogen and oxygen atoms in total. The molecule has 0 heterocycles. The molecule has 0 saturated carbocycles. The highest BCUT2D eigenvalue weighted by Crippen LogP contribution is 2.51. The van der Waals surface area contributed by atoms with Crippen molar-refractivity contribution in [1.82, 2.24) is 0 Å². The molecule has 1 aliphatic rings. The first kappa shape index (κ1) is 38.6. The lowest BCUT2D eigenvalue weighted by Gasteiger charge is -2.23. The first-order chi connectivity index (χ1) is 31.9. The summed E-state index contributed by atoms with van der Waals surface area (Å²) in [6.45, 7) is 4.76. The average molecular weight is 827 g/mol. The van der Waals surface area contributed by atoms with E-state index >= 15 is 0 Å². The SMILES string of the molecule is CC1(C)c2cc(-c3ccc(-c4ccc(-c5ccc(-c6cccc(-c7cccc8ccccc78)c6)cc5)cc4)cc3)ccc2-c2ccc(-c3cccc(-c4cccc5ccccc45)c3)cc21. The van der Waals surface area contributed by atoms with Crippen molar-refractivity contribution in [3.05, 3.63) is 254 Å². The predicted molar refractivity (Wildman–Crippen MR) is 277 cm³/mol. The molecule has 306 valence electrons. The van der Waals surface area contributed by atoms with Crippen molar-refractivity contribution < 1.29 is 0 Å². The summed E-state index contributed by atoms with van der Waals surface area (Å²) in [4.78, 5) is 0. The zero-order chi connectivity index (χ0) is 43.5. The van der Waals surface area contributed by atoms with Crippen LogP contribution in [0.3, 0.4) is 0 Å². The Hall–Kier alpha value is -8.06. The molecule has 0 fully saturated rings. The maximum absolute atomic E-state index is 2.43. The number of hydrogen-bond donors (Lipinski definition) is 0. The number of rotatable bonds is 7. The Labute approximate surface area is 381 Å². The summed E-state index contributed by atoms with van der Waals surface area (Å²) in [6.07, 6.45) is 0. The van der Waals surface area contributed by atoms with Gasteiger partial charge in [-0.2, -0.15) is 0 Å². The average Bonchev–Trinajstić information content (AvgIpc) is 3.60. The van der Waals surface area contributed by atoms with Crippen molar-refractivity contribution in [2.24, 2.45) is 0 Å². The highest BCUT2D eigenvalue weighted by molar-refractivity contribution is 5.98. The van der Waals surface area contributed by atoms with Crippen LogP contribution in [0.25, 0.3) is 111 Å². The van der Waals surface area contributed by atoms with E-state index < -0.39 is 0 Å². The van der Waals surface area contributed by atoms with E-state index in [9.17, 15) is 0 Å². The Morgan fingerprint density at radius 1 is 0.215 bits per heavy atom. The van der Waals surface area contributed by atoms with E-state index in [2.05, 4.69) is 257 Å². The van der Waals surface area contributed by atoms with Gasteiger partial charge in [0.1, 0.15) is 0 Å². The fourth-order valence-electron chi connectivity index (χ4n) is 10.3. The van der Waals surface area contributed by atoms with Crippen LogP contribution in [0.4, 0.5) is 0 Å². The fraction of sp³-hybridized carbons (Fsp3) is 0.0462. The van der Waals surface area contributed by atoms with Gasteiger partial charge in [-0.05, 0) is 146 Å². The molecule has 0 unspecified atom stereocenters. The molecular formula is C65H46. The van der Waals surface area contributed by atoms with Crippen molar-refractivity contribution in [2.45, 2.75) is 19.3 Å². The van der Waals surface area contributed by atoms with Gasteiger partial charge in [0.2, 0.25) is 0 Å². The molecule has 65 heavy (non-hydrogen) atoms. The van der Waals surface area contributed by atoms with Gasteiger partial charge >= 0.3 is 0 Å². The highest BCUT2D eigenvalue weighted by atomic mass is 14.4. The lowest BCUT2D eigenvalue weighted by atomic mass is 9.80. The van der Waals surface area contributed by atoms with Gasteiger partial charge in [0.15, 0.2) is 0 Å². The first-order valence-corrected chi connectivity index (χ1v) is 22.7. The van der Waals surface area contributed by atoms with E-state index in [-0.39, 0.29) is 5.41 Å². The van der Waals surface area contributed by atoms with E-state index in [4.69, 9.17) is 0 Å². The largest absolute Gasteiger partial charge is 0.0616 e. The van der Waals surface area contributed by atoms with E-state index in [0.29, 0.717) is 0 Å². The molecule has 0 saturated heterocycles. The Morgan fingerprint density at radius 2 is 0.508 bits per heavy atom. The Balaban J connectivity index is 0.757. The second-order valence-corrected chi connectivity index (χ2v) is 18.1. The first-order valence-electron chi connectivity index (χ1n) is 22.7. The molecule has 0 radical (unpaired) electrons. The van der Waals surface area contributed by atoms with Gasteiger partial charge < -0.3 is 0 Å². The number of hydrogen-bond acceptors (Lipinski definition) is 0. The molecule has 0 atom stereocenters. The van der Waals surface area contributed by atoms with Crippen molar-refractivity contribution in [3.8, 4) is 89.0 Å². The molecule has 0 aromatic heterocycles. The van der Waals surface area contributed by atoms with E-state index in [0.717, 1.165) is 0 Å². The maximum atomic E-state index is 2.43. The van der Waals surface area contributed by atoms with Crippen molar-refractivity contribution in [2.75, 3.05) is 0 Å². The molecule has 0 aliphatic heterocycles. The van der Waals surface area contributed by atoms with E-state index in [1.54, 1.807) is 0 Å². The summed E-state index contributed by atoms with van der Waals surface area (Å²) < 4.78 is 0. The van der Waals surface area contributed by atoms with Gasteiger partial charge in [-0.25, -0.2) is 0 Å². The summed E-state index contributed by atoms with van der Waals surface area (Å²) in [5, 5.41) is 5.09. The van der Waals surface area contributed by atoms with Gasteiger partial charge in [0, 0.05) is 5.41 Å². The third-order valence-electron chi connectivity index (χ3n) is 13.9. The quantitative estimate of drug-likeness (QED) is 0.150. The third kappa shape index (κ3) is 6.87. The molecule has 0 spiro atoms. The minimum Gasteiger partial charge on any atom is -0.0616 e. The second-order valence-electron chi connectivity index (χ2n) is 18.1. The topological polar surface area (TPSA) is 0 Å². The van der Waals surface area contributed by atoms with Crippen LogP contribution in [0.2, 0.25) is 0 Å². The molecular weight excluding hydrogens is 781 g/mol. The molecule has 11 aromatic carbocycles. The van der Waals surface area contributed by atoms with Crippen molar-refractivity contribution in [3.63, 3.8) is 0 Å². The molecule has 0 amide bonds. The van der Waals surface area contributed by atoms with Gasteiger partial charge in [0.25, 0.3) is 0 Å². The number of fused-ring (bicyclic) bond motifs is 5. The molecule has 12 rings (SSSR count). The summed E-state index contributed by atoms with van der Waals surface area (Å²) in [6, 6.07) is 89.5. The second kappa shape index (κ2) is 15.6. The summed E-state index contributed by atoms with van der Waals surface area (Å²) in [7, 11) is 0. The minimum atomic E-state index is -0.130. The summed E-state index contributed by atoms with van der Waals surface area (Å²) in [5.41, 5.74) is 22.6. The summed E-state index contributed by atoms with van der Waals surface area (Å²) >= 11 is 0. The van der Waals surface area contributed by atoms with Crippen molar-refractivity contribution in [1.29, 1.82) is 0 Å². The van der Waals surface area contributed by atoms with Crippen LogP contribution in [0.1, 0.15) is 25.0 Å². The zero-order valence-corrected chi connectivity index (χ0v) is 36.6. The normalized spacial score (nSPS) is 12.6. The van der Waals surface area contributed by atoms with Gasteiger partial charge in [-0.15, -0.1) is 0 Å². The predicted octanol–water partition coefficient (Wildman–Crippen LogP) is 18.0. The van der Waals surface area contributed by atoms with Crippen molar-refractivity contribution >= 4 is 21.5 Å². The van der Waals surface area contributed by atoms with Crippen LogP contribution in [-0.4, -0.2) is 0 Å². The Bertz CT molecular complexity index is 3580. The lowest BCUT2D eigenvalue weighted by Crippen LogP contribution is -2.15. The smallest absolute Gasteiger partial charge is 0.0159 e. The molecule has 0 bridgehead atoms. The van der Waals surface area contributed by atoms with Crippen LogP contribution in [0, 0.1) is 0 Å². The fourth-order valence-corrected chi connectivity index (χ4v) is 10.3. The zero-order valence-electron chi connectivity index (χ0n) is 36.6. The number of benzene rings is 11. The minimum absolute atomic E-state index is 0.130. The molecule has 11 aromatic rings. The highest BCUT2D eigenvalue weighted by Gasteiger charge is 2.36. The van der Waals surface area contributed by atoms with Crippen LogP contribution in [0.15, 0.2) is 243 Å². The Morgan fingerprint density at radius 3 is 0.938 bits per heavy atom. The standard InChI is InChI=1S/C65H46/c1-65(2)63-41-53(35-37-61(63)62-38-36-54(42-64(62)65)52-16-8-18-56(40-52)60-22-10-14-50-12-4-6-20-58(50)60)48-33-29-46(30-34-48)44-25-23-43(24-26-44)45-27-31-47(32-28-45)51-15-7-17-55(39-51)59-21-9-13-49-11-3-5-19-57(49)59/h3-42H,1-2H3. The summed E-state index contributed by atoms with van der Waals surface area (Å²) in [5.74, 6) is 0. The van der Waals surface area contributed by atoms with Gasteiger partial charge in [-0.1, -0.05) is 232 Å². The maximum Gasteiger partial charge on any atom is 0.0159 e. The molecule has 1 aliphatic carbocycles. The van der Waals surface area contributed by atoms with Crippen LogP contribution >= 0.6 is 0 Å². The van der Waals surface area contributed by atoms with Gasteiger partial charge in [-0.3, -0.25) is 0 Å². The lowest BCUT2D eigenvalue weighted by molar-refractivity contribution is 0.661. The molecule has 0 heteroatoms. The molecule has 0 N–H and O–H groups in total. The van der Waals surface area contributed by atoms with E-state index in [1.165, 1.54) is 122 Å². The van der Waals surface area contributed by atoms with Gasteiger partial charge in [0.05, 0.1) is 0 Å². The van der Waals surface area contributed by atoms with Crippen LogP contribution in [0.5, 0.6) is 0 Å². The Kier molecular flexibility index (Phi) is 9.28. The van der Waals surface area contributed by atoms with Crippen LogP contribution < -0.4 is 0 Å². The van der Waals surface area contributed by atoms with E-state index in [1.807, 2.05) is 0 Å². The monoisotopic (exact) mass is 826 g/mol. The van der Waals surface area contributed by atoms with Crippen LogP contribution in [-0.2, 0) is 5.41 Å². The third-order valence-corrected chi connectivity index (χ3v) is 13.9.